The molecule has 0 spiro atoms. The second-order valence-corrected chi connectivity index (χ2v) is 5.33. The molecule has 0 saturated carbocycles. The smallest absolute Gasteiger partial charge is 0.203 e. The molecule has 0 aliphatic rings. The van der Waals surface area contributed by atoms with Crippen molar-refractivity contribution in [1.29, 1.82) is 0 Å². The van der Waals surface area contributed by atoms with Crippen LogP contribution in [-0.4, -0.2) is 5.11 Å². The Balaban J connectivity index is 2.43. The maximum Gasteiger partial charge on any atom is 0.203 e. The summed E-state index contributed by atoms with van der Waals surface area (Å²) in [5.74, 6) is -0.483. The van der Waals surface area contributed by atoms with Gasteiger partial charge in [0.1, 0.15) is 28.7 Å². The fourth-order valence-electron chi connectivity index (χ4n) is 2.50. The number of halogens is 1. The van der Waals surface area contributed by atoms with E-state index in [0.717, 1.165) is 5.56 Å². The molecule has 3 rings (SSSR count). The normalized spacial score (nSPS) is 12.5. The van der Waals surface area contributed by atoms with E-state index in [-0.39, 0.29) is 22.3 Å². The Bertz CT molecular complexity index is 893. The van der Waals surface area contributed by atoms with Crippen LogP contribution in [0.5, 0.6) is 0 Å². The zero-order valence-corrected chi connectivity index (χ0v) is 12.3. The van der Waals surface area contributed by atoms with Crippen molar-refractivity contribution in [3.8, 4) is 11.1 Å². The zero-order chi connectivity index (χ0) is 15.9. The first-order valence-electron chi connectivity index (χ1n) is 6.99. The van der Waals surface area contributed by atoms with Gasteiger partial charge >= 0.3 is 0 Å². The van der Waals surface area contributed by atoms with Gasteiger partial charge in [-0.2, -0.15) is 0 Å². The van der Waals surface area contributed by atoms with Gasteiger partial charge in [-0.05, 0) is 31.5 Å². The van der Waals surface area contributed by atoms with Crippen LogP contribution < -0.4 is 5.43 Å². The van der Waals surface area contributed by atoms with Gasteiger partial charge in [0, 0.05) is 0 Å². The number of hydrogen-bond donors (Lipinski definition) is 1. The molecule has 1 aromatic heterocycles. The van der Waals surface area contributed by atoms with E-state index in [1.54, 1.807) is 12.1 Å². The predicted molar refractivity (Wildman–Crippen MR) is 83.2 cm³/mol. The lowest BCUT2D eigenvalue weighted by atomic mass is 9.99. The topological polar surface area (TPSA) is 50.4 Å². The van der Waals surface area contributed by atoms with E-state index in [1.807, 2.05) is 19.1 Å². The minimum absolute atomic E-state index is 0.0949. The van der Waals surface area contributed by atoms with Gasteiger partial charge in [0.2, 0.25) is 5.43 Å². The Morgan fingerprint density at radius 2 is 1.82 bits per heavy atom. The first kappa shape index (κ1) is 14.5. The number of aliphatic hydroxyl groups excluding tert-OH is 1. The van der Waals surface area contributed by atoms with Gasteiger partial charge in [-0.1, -0.05) is 35.9 Å². The van der Waals surface area contributed by atoms with Gasteiger partial charge in [0.25, 0.3) is 0 Å². The summed E-state index contributed by atoms with van der Waals surface area (Å²) in [6, 6.07) is 11.4. The van der Waals surface area contributed by atoms with Gasteiger partial charge in [0.15, 0.2) is 0 Å². The van der Waals surface area contributed by atoms with Crippen LogP contribution in [0.2, 0.25) is 0 Å². The molecule has 0 bridgehead atoms. The summed E-state index contributed by atoms with van der Waals surface area (Å²) in [4.78, 5) is 12.7. The molecule has 0 aliphatic carbocycles. The van der Waals surface area contributed by atoms with Crippen molar-refractivity contribution in [2.75, 3.05) is 0 Å². The van der Waals surface area contributed by atoms with E-state index in [2.05, 4.69) is 0 Å². The largest absolute Gasteiger partial charge is 0.457 e. The Morgan fingerprint density at radius 3 is 2.45 bits per heavy atom. The highest BCUT2D eigenvalue weighted by molar-refractivity contribution is 5.83. The molecule has 0 amide bonds. The van der Waals surface area contributed by atoms with E-state index < -0.39 is 17.3 Å². The summed E-state index contributed by atoms with van der Waals surface area (Å²) in [6.07, 6.45) is -0.975. The van der Waals surface area contributed by atoms with Crippen LogP contribution in [0.3, 0.4) is 0 Å². The monoisotopic (exact) mass is 298 g/mol. The molecular formula is C18H15FO3. The molecule has 22 heavy (non-hydrogen) atoms. The standard InChI is InChI=1S/C18H15FO3/c1-10-6-8-12(9-7-10)15-17(21)16-13(19)4-3-5-14(16)22-18(15)11(2)20/h3-9,11,20H,1-2H3. The molecule has 112 valence electrons. The van der Waals surface area contributed by atoms with E-state index in [1.165, 1.54) is 25.1 Å². The first-order valence-corrected chi connectivity index (χ1v) is 6.99. The van der Waals surface area contributed by atoms with E-state index in [4.69, 9.17) is 4.42 Å². The lowest BCUT2D eigenvalue weighted by Crippen LogP contribution is -2.12. The Hall–Kier alpha value is -2.46. The lowest BCUT2D eigenvalue weighted by molar-refractivity contribution is 0.171. The number of rotatable bonds is 2. The van der Waals surface area contributed by atoms with Crippen molar-refractivity contribution in [2.24, 2.45) is 0 Å². The molecule has 1 atom stereocenters. The van der Waals surface area contributed by atoms with Gasteiger partial charge < -0.3 is 9.52 Å². The summed E-state index contributed by atoms with van der Waals surface area (Å²) in [5.41, 5.74) is 1.50. The molecule has 1 unspecified atom stereocenters. The van der Waals surface area contributed by atoms with Crippen LogP contribution in [0.1, 0.15) is 24.4 Å². The van der Waals surface area contributed by atoms with Crippen molar-refractivity contribution < 1.29 is 13.9 Å². The van der Waals surface area contributed by atoms with Crippen molar-refractivity contribution in [3.05, 3.63) is 69.8 Å². The summed E-state index contributed by atoms with van der Waals surface area (Å²) >= 11 is 0. The number of benzene rings is 2. The third kappa shape index (κ3) is 2.31. The molecule has 2 aromatic carbocycles. The SMILES string of the molecule is Cc1ccc(-c2c(C(C)O)oc3cccc(F)c3c2=O)cc1. The maximum atomic E-state index is 14.0. The average molecular weight is 298 g/mol. The summed E-state index contributed by atoms with van der Waals surface area (Å²) in [6.45, 7) is 3.45. The molecule has 0 fully saturated rings. The summed E-state index contributed by atoms with van der Waals surface area (Å²) in [7, 11) is 0. The second kappa shape index (κ2) is 5.39. The van der Waals surface area contributed by atoms with Gasteiger partial charge in [-0.25, -0.2) is 4.39 Å². The van der Waals surface area contributed by atoms with Crippen LogP contribution in [0, 0.1) is 12.7 Å². The molecule has 4 heteroatoms. The Labute approximate surface area is 126 Å². The molecule has 0 aliphatic heterocycles. The molecule has 1 heterocycles. The molecule has 0 saturated heterocycles. The first-order chi connectivity index (χ1) is 10.5. The second-order valence-electron chi connectivity index (χ2n) is 5.33. The quantitative estimate of drug-likeness (QED) is 0.779. The Morgan fingerprint density at radius 1 is 1.14 bits per heavy atom. The van der Waals surface area contributed by atoms with Crippen LogP contribution in [0.15, 0.2) is 51.7 Å². The Kier molecular flexibility index (Phi) is 3.54. The van der Waals surface area contributed by atoms with Gasteiger partial charge in [-0.15, -0.1) is 0 Å². The third-order valence-corrected chi connectivity index (χ3v) is 3.62. The predicted octanol–water partition coefficient (Wildman–Crippen LogP) is 3.96. The number of aliphatic hydroxyl groups is 1. The highest BCUT2D eigenvalue weighted by Gasteiger charge is 2.21. The van der Waals surface area contributed by atoms with Crippen LogP contribution in [0.25, 0.3) is 22.1 Å². The minimum Gasteiger partial charge on any atom is -0.457 e. The number of fused-ring (bicyclic) bond motifs is 1. The summed E-state index contributed by atoms with van der Waals surface area (Å²) in [5, 5.41) is 9.85. The maximum absolute atomic E-state index is 14.0. The fourth-order valence-corrected chi connectivity index (χ4v) is 2.50. The van der Waals surface area contributed by atoms with Crippen LogP contribution in [0.4, 0.5) is 4.39 Å². The van der Waals surface area contributed by atoms with Gasteiger partial charge in [-0.3, -0.25) is 4.79 Å². The highest BCUT2D eigenvalue weighted by Crippen LogP contribution is 2.29. The summed E-state index contributed by atoms with van der Waals surface area (Å²) < 4.78 is 19.6. The van der Waals surface area contributed by atoms with Crippen molar-refractivity contribution in [2.45, 2.75) is 20.0 Å². The lowest BCUT2D eigenvalue weighted by Gasteiger charge is -2.12. The minimum atomic E-state index is -0.975. The zero-order valence-electron chi connectivity index (χ0n) is 12.3. The van der Waals surface area contributed by atoms with Crippen molar-refractivity contribution in [3.63, 3.8) is 0 Å². The van der Waals surface area contributed by atoms with Crippen molar-refractivity contribution >= 4 is 11.0 Å². The van der Waals surface area contributed by atoms with Crippen LogP contribution >= 0.6 is 0 Å². The molecular weight excluding hydrogens is 283 g/mol. The average Bonchev–Trinajstić information content (AvgIpc) is 2.48. The van der Waals surface area contributed by atoms with E-state index >= 15 is 0 Å². The van der Waals surface area contributed by atoms with Gasteiger partial charge in [0.05, 0.1) is 5.56 Å². The number of aryl methyl sites for hydroxylation is 1. The fraction of sp³-hybridized carbons (Fsp3) is 0.167. The molecule has 3 nitrogen and oxygen atoms in total. The number of hydrogen-bond acceptors (Lipinski definition) is 3. The highest BCUT2D eigenvalue weighted by atomic mass is 19.1. The third-order valence-electron chi connectivity index (χ3n) is 3.62. The van der Waals surface area contributed by atoms with E-state index in [9.17, 15) is 14.3 Å². The molecule has 0 radical (unpaired) electrons. The van der Waals surface area contributed by atoms with Crippen molar-refractivity contribution in [1.82, 2.24) is 0 Å². The molecule has 1 N–H and O–H groups in total. The molecule has 3 aromatic rings. The van der Waals surface area contributed by atoms with Crippen LogP contribution in [-0.2, 0) is 0 Å². The van der Waals surface area contributed by atoms with E-state index in [0.29, 0.717) is 5.56 Å².